The third-order valence-electron chi connectivity index (χ3n) is 7.11. The summed E-state index contributed by atoms with van der Waals surface area (Å²) in [6.07, 6.45) is 5.23. The molecule has 188 valence electrons. The van der Waals surface area contributed by atoms with Crippen LogP contribution in [0.25, 0.3) is 0 Å². The van der Waals surface area contributed by atoms with Crippen LogP contribution in [-0.2, 0) is 26.2 Å². The molecule has 2 aromatic rings. The van der Waals surface area contributed by atoms with Gasteiger partial charge in [0.05, 0.1) is 4.90 Å². The molecule has 0 radical (unpaired) electrons. The van der Waals surface area contributed by atoms with Gasteiger partial charge in [0.2, 0.25) is 21.8 Å². The molecule has 7 nitrogen and oxygen atoms in total. The van der Waals surface area contributed by atoms with Crippen molar-refractivity contribution in [3.63, 3.8) is 0 Å². The Morgan fingerprint density at radius 1 is 0.971 bits per heavy atom. The zero-order valence-corrected chi connectivity index (χ0v) is 21.2. The monoisotopic (exact) mass is 497 g/mol. The van der Waals surface area contributed by atoms with E-state index in [1.807, 2.05) is 42.2 Å². The van der Waals surface area contributed by atoms with E-state index in [1.165, 1.54) is 6.42 Å². The average molecular weight is 498 g/mol. The van der Waals surface area contributed by atoms with Crippen LogP contribution < -0.4 is 4.72 Å². The van der Waals surface area contributed by atoms with E-state index < -0.39 is 16.1 Å². The molecule has 1 heterocycles. The first kappa shape index (κ1) is 25.4. The summed E-state index contributed by atoms with van der Waals surface area (Å²) in [6, 6.07) is 16.1. The fourth-order valence-corrected chi connectivity index (χ4v) is 6.21. The molecule has 1 saturated carbocycles. The van der Waals surface area contributed by atoms with E-state index >= 15 is 0 Å². The molecule has 1 aliphatic carbocycles. The Balaban J connectivity index is 1.42. The number of carbonyl (C=O) groups excluding carboxylic acids is 2. The molecule has 0 spiro atoms. The maximum absolute atomic E-state index is 13.6. The summed E-state index contributed by atoms with van der Waals surface area (Å²) in [4.78, 5) is 30.6. The minimum atomic E-state index is -3.69. The lowest BCUT2D eigenvalue weighted by atomic mass is 9.81. The van der Waals surface area contributed by atoms with Gasteiger partial charge in [-0.25, -0.2) is 13.1 Å². The number of nitrogens with one attached hydrogen (secondary N) is 1. The summed E-state index contributed by atoms with van der Waals surface area (Å²) in [5.74, 6) is 0.00324. The van der Waals surface area contributed by atoms with Crippen molar-refractivity contribution in [3.8, 4) is 0 Å². The lowest BCUT2D eigenvalue weighted by molar-refractivity contribution is -0.155. The summed E-state index contributed by atoms with van der Waals surface area (Å²) >= 11 is 0. The first-order valence-electron chi connectivity index (χ1n) is 12.5. The van der Waals surface area contributed by atoms with Gasteiger partial charge in [-0.3, -0.25) is 9.59 Å². The highest BCUT2D eigenvalue weighted by molar-refractivity contribution is 7.89. The van der Waals surface area contributed by atoms with Crippen LogP contribution in [0.3, 0.4) is 0 Å². The number of benzene rings is 2. The van der Waals surface area contributed by atoms with Crippen LogP contribution >= 0.6 is 0 Å². The van der Waals surface area contributed by atoms with E-state index in [0.717, 1.165) is 36.8 Å². The van der Waals surface area contributed by atoms with Gasteiger partial charge in [0.15, 0.2) is 0 Å². The second-order valence-corrected chi connectivity index (χ2v) is 11.4. The molecule has 1 N–H and O–H groups in total. The van der Waals surface area contributed by atoms with Crippen molar-refractivity contribution >= 4 is 21.8 Å². The smallest absolute Gasteiger partial charge is 0.246 e. The Kier molecular flexibility index (Phi) is 8.23. The highest BCUT2D eigenvalue weighted by Gasteiger charge is 2.42. The molecule has 2 fully saturated rings. The molecular formula is C27H35N3O4S. The normalized spacial score (nSPS) is 19.7. The van der Waals surface area contributed by atoms with E-state index in [2.05, 4.69) is 4.72 Å². The van der Waals surface area contributed by atoms with Crippen LogP contribution in [0.2, 0.25) is 0 Å². The fraction of sp³-hybridized carbons (Fsp3) is 0.481. The zero-order chi connectivity index (χ0) is 24.8. The van der Waals surface area contributed by atoms with Crippen LogP contribution in [0, 0.1) is 12.8 Å². The summed E-state index contributed by atoms with van der Waals surface area (Å²) in [7, 11) is -3.69. The van der Waals surface area contributed by atoms with E-state index in [0.29, 0.717) is 19.6 Å². The standard InChI is InChI=1S/C27H35N3O4S/c1-21-12-14-24(15-13-21)35(33,34)28-17-16-25(31)30-19-18-29(20-22-8-4-2-5-9-22)27(32)26(30)23-10-6-3-7-11-23/h2,4-5,8-9,12-15,23,26,28H,3,6-7,10-11,16-20H2,1H3. The van der Waals surface area contributed by atoms with E-state index in [4.69, 9.17) is 0 Å². The minimum Gasteiger partial charge on any atom is -0.335 e. The predicted molar refractivity (Wildman–Crippen MR) is 135 cm³/mol. The summed E-state index contributed by atoms with van der Waals surface area (Å²) < 4.78 is 27.7. The maximum atomic E-state index is 13.6. The van der Waals surface area contributed by atoms with Gasteiger partial charge in [-0.1, -0.05) is 67.3 Å². The molecule has 1 unspecified atom stereocenters. The van der Waals surface area contributed by atoms with Crippen LogP contribution in [0.15, 0.2) is 59.5 Å². The van der Waals surface area contributed by atoms with Gasteiger partial charge >= 0.3 is 0 Å². The van der Waals surface area contributed by atoms with Crippen molar-refractivity contribution in [3.05, 3.63) is 65.7 Å². The summed E-state index contributed by atoms with van der Waals surface area (Å²) in [5, 5.41) is 0. The highest BCUT2D eigenvalue weighted by Crippen LogP contribution is 2.32. The number of amides is 2. The summed E-state index contributed by atoms with van der Waals surface area (Å²) in [6.45, 7) is 3.40. The third-order valence-corrected chi connectivity index (χ3v) is 8.58. The first-order chi connectivity index (χ1) is 16.8. The second kappa shape index (κ2) is 11.4. The third kappa shape index (κ3) is 6.30. The van der Waals surface area contributed by atoms with E-state index in [9.17, 15) is 18.0 Å². The molecular weight excluding hydrogens is 462 g/mol. The van der Waals surface area contributed by atoms with Crippen molar-refractivity contribution in [2.24, 2.45) is 5.92 Å². The van der Waals surface area contributed by atoms with Gasteiger partial charge in [-0.05, 0) is 43.4 Å². The lowest BCUT2D eigenvalue weighted by Gasteiger charge is -2.45. The van der Waals surface area contributed by atoms with E-state index in [-0.39, 0.29) is 35.6 Å². The van der Waals surface area contributed by atoms with Crippen molar-refractivity contribution in [1.29, 1.82) is 0 Å². The quantitative estimate of drug-likeness (QED) is 0.605. The highest BCUT2D eigenvalue weighted by atomic mass is 32.2. The molecule has 4 rings (SSSR count). The molecule has 35 heavy (non-hydrogen) atoms. The Morgan fingerprint density at radius 2 is 1.66 bits per heavy atom. The van der Waals surface area contributed by atoms with Crippen molar-refractivity contribution < 1.29 is 18.0 Å². The van der Waals surface area contributed by atoms with Gasteiger partial charge in [0.1, 0.15) is 6.04 Å². The minimum absolute atomic E-state index is 0.00481. The van der Waals surface area contributed by atoms with Gasteiger partial charge in [-0.15, -0.1) is 0 Å². The van der Waals surface area contributed by atoms with Crippen LogP contribution in [0.1, 0.15) is 49.7 Å². The molecule has 2 amide bonds. The molecule has 0 bridgehead atoms. The molecule has 2 aliphatic rings. The van der Waals surface area contributed by atoms with Crippen LogP contribution in [0.4, 0.5) is 0 Å². The maximum Gasteiger partial charge on any atom is 0.246 e. The number of piperazine rings is 1. The second-order valence-electron chi connectivity index (χ2n) is 9.64. The van der Waals surface area contributed by atoms with Gasteiger partial charge < -0.3 is 9.80 Å². The van der Waals surface area contributed by atoms with Crippen molar-refractivity contribution in [2.75, 3.05) is 19.6 Å². The number of rotatable bonds is 8. The zero-order valence-electron chi connectivity index (χ0n) is 20.4. The number of nitrogens with zero attached hydrogens (tertiary/aromatic N) is 2. The van der Waals surface area contributed by atoms with Gasteiger partial charge in [0, 0.05) is 32.6 Å². The van der Waals surface area contributed by atoms with Crippen molar-refractivity contribution in [2.45, 2.75) is 62.9 Å². The Morgan fingerprint density at radius 3 is 2.34 bits per heavy atom. The molecule has 1 atom stereocenters. The van der Waals surface area contributed by atoms with E-state index in [1.54, 1.807) is 29.2 Å². The van der Waals surface area contributed by atoms with Gasteiger partial charge in [-0.2, -0.15) is 0 Å². The summed E-state index contributed by atoms with van der Waals surface area (Å²) in [5.41, 5.74) is 2.05. The molecule has 8 heteroatoms. The number of hydrogen-bond donors (Lipinski definition) is 1. The van der Waals surface area contributed by atoms with Crippen LogP contribution in [-0.4, -0.2) is 55.7 Å². The van der Waals surface area contributed by atoms with Gasteiger partial charge in [0.25, 0.3) is 0 Å². The molecule has 1 aliphatic heterocycles. The number of hydrogen-bond acceptors (Lipinski definition) is 4. The molecule has 2 aromatic carbocycles. The predicted octanol–water partition coefficient (Wildman–Crippen LogP) is 3.48. The van der Waals surface area contributed by atoms with Crippen molar-refractivity contribution in [1.82, 2.24) is 14.5 Å². The Bertz CT molecular complexity index is 1110. The SMILES string of the molecule is Cc1ccc(S(=O)(=O)NCCC(=O)N2CCN(Cc3ccccc3)C(=O)C2C2CCCCC2)cc1. The largest absolute Gasteiger partial charge is 0.335 e. The Hall–Kier alpha value is -2.71. The molecule has 0 aromatic heterocycles. The lowest BCUT2D eigenvalue weighted by Crippen LogP contribution is -2.61. The Labute approximate surface area is 208 Å². The number of aryl methyl sites for hydroxylation is 1. The number of carbonyl (C=O) groups is 2. The molecule has 1 saturated heterocycles. The average Bonchev–Trinajstić information content (AvgIpc) is 2.86. The fourth-order valence-electron chi connectivity index (χ4n) is 5.18. The first-order valence-corrected chi connectivity index (χ1v) is 14.0. The topological polar surface area (TPSA) is 86.8 Å². The number of sulfonamides is 1. The van der Waals surface area contributed by atoms with Crippen LogP contribution in [0.5, 0.6) is 0 Å².